The first-order valence-electron chi connectivity index (χ1n) is 6.26. The molecule has 1 saturated carbocycles. The number of rotatable bonds is 4. The monoisotopic (exact) mass is 299 g/mol. The Hall–Kier alpha value is -0.570. The molecule has 0 radical (unpaired) electrons. The van der Waals surface area contributed by atoms with Crippen LogP contribution in [0.2, 0.25) is 0 Å². The van der Waals surface area contributed by atoms with Crippen molar-refractivity contribution in [2.75, 3.05) is 18.5 Å². The molecule has 0 bridgehead atoms. The van der Waals surface area contributed by atoms with Crippen molar-refractivity contribution >= 4 is 21.6 Å². The maximum absolute atomic E-state index is 13.9. The molecule has 94 valence electrons. The highest BCUT2D eigenvalue weighted by Gasteiger charge is 2.18. The predicted molar refractivity (Wildman–Crippen MR) is 74.3 cm³/mol. The smallest absolute Gasteiger partial charge is 0.146 e. The highest BCUT2D eigenvalue weighted by molar-refractivity contribution is 9.08. The van der Waals surface area contributed by atoms with E-state index < -0.39 is 0 Å². The molecule has 0 atom stereocenters. The number of hydrogen-bond donors (Lipinski definition) is 0. The number of anilines is 1. The third kappa shape index (κ3) is 3.21. The maximum atomic E-state index is 13.9. The van der Waals surface area contributed by atoms with Crippen molar-refractivity contribution in [3.63, 3.8) is 0 Å². The van der Waals surface area contributed by atoms with E-state index in [4.69, 9.17) is 0 Å². The maximum Gasteiger partial charge on any atom is 0.146 e. The second kappa shape index (κ2) is 5.85. The van der Waals surface area contributed by atoms with Crippen LogP contribution in [0.1, 0.15) is 31.2 Å². The van der Waals surface area contributed by atoms with E-state index in [1.807, 2.05) is 19.2 Å². The molecular weight excluding hydrogens is 281 g/mol. The fourth-order valence-electron chi connectivity index (χ4n) is 2.62. The summed E-state index contributed by atoms with van der Waals surface area (Å²) in [5.74, 6) is 0.637. The van der Waals surface area contributed by atoms with E-state index in [2.05, 4.69) is 20.8 Å². The SMILES string of the molecule is CN(CC1CCCC1)c1ccc(CBr)cc1F. The van der Waals surface area contributed by atoms with Gasteiger partial charge in [-0.3, -0.25) is 0 Å². The van der Waals surface area contributed by atoms with Crippen molar-refractivity contribution in [1.29, 1.82) is 0 Å². The first kappa shape index (κ1) is 12.9. The van der Waals surface area contributed by atoms with Crippen LogP contribution in [0.15, 0.2) is 18.2 Å². The molecule has 0 spiro atoms. The molecule has 0 aromatic heterocycles. The van der Waals surface area contributed by atoms with Crippen molar-refractivity contribution in [2.45, 2.75) is 31.0 Å². The number of halogens is 2. The molecule has 1 fully saturated rings. The summed E-state index contributed by atoms with van der Waals surface area (Å²) in [6.07, 6.45) is 5.27. The van der Waals surface area contributed by atoms with Gasteiger partial charge in [0.05, 0.1) is 5.69 Å². The summed E-state index contributed by atoms with van der Waals surface area (Å²) in [7, 11) is 1.99. The van der Waals surface area contributed by atoms with Crippen LogP contribution in [-0.4, -0.2) is 13.6 Å². The van der Waals surface area contributed by atoms with E-state index >= 15 is 0 Å². The van der Waals surface area contributed by atoms with Gasteiger partial charge in [0, 0.05) is 18.9 Å². The summed E-state index contributed by atoms with van der Waals surface area (Å²) in [6, 6.07) is 5.49. The van der Waals surface area contributed by atoms with Gasteiger partial charge < -0.3 is 4.90 Å². The first-order valence-corrected chi connectivity index (χ1v) is 7.38. The van der Waals surface area contributed by atoms with Crippen LogP contribution in [-0.2, 0) is 5.33 Å². The van der Waals surface area contributed by atoms with Gasteiger partial charge in [0.2, 0.25) is 0 Å². The van der Waals surface area contributed by atoms with Gasteiger partial charge in [-0.05, 0) is 36.5 Å². The third-order valence-corrected chi connectivity index (χ3v) is 4.23. The summed E-state index contributed by atoms with van der Waals surface area (Å²) in [4.78, 5) is 2.06. The molecule has 0 saturated heterocycles. The Labute approximate surface area is 111 Å². The van der Waals surface area contributed by atoms with Gasteiger partial charge >= 0.3 is 0 Å². The minimum absolute atomic E-state index is 0.109. The fourth-order valence-corrected chi connectivity index (χ4v) is 2.97. The molecule has 0 unspecified atom stereocenters. The molecule has 1 aromatic carbocycles. The zero-order valence-corrected chi connectivity index (χ0v) is 11.8. The minimum Gasteiger partial charge on any atom is -0.372 e. The average Bonchev–Trinajstić information content (AvgIpc) is 2.81. The van der Waals surface area contributed by atoms with Gasteiger partial charge in [0.1, 0.15) is 5.82 Å². The lowest BCUT2D eigenvalue weighted by molar-refractivity contribution is 0.539. The number of hydrogen-bond acceptors (Lipinski definition) is 1. The van der Waals surface area contributed by atoms with E-state index in [1.165, 1.54) is 25.7 Å². The molecule has 1 aromatic rings. The van der Waals surface area contributed by atoms with Crippen LogP contribution in [0.3, 0.4) is 0 Å². The standard InChI is InChI=1S/C14H19BrFN/c1-17(10-11-4-2-3-5-11)14-7-6-12(9-15)8-13(14)16/h6-8,11H,2-5,9-10H2,1H3. The summed E-state index contributed by atoms with van der Waals surface area (Å²) >= 11 is 3.34. The van der Waals surface area contributed by atoms with Gasteiger partial charge in [-0.15, -0.1) is 0 Å². The lowest BCUT2D eigenvalue weighted by atomic mass is 10.1. The molecule has 0 amide bonds. The third-order valence-electron chi connectivity index (χ3n) is 3.58. The zero-order chi connectivity index (χ0) is 12.3. The van der Waals surface area contributed by atoms with Crippen LogP contribution in [0.25, 0.3) is 0 Å². The van der Waals surface area contributed by atoms with Crippen molar-refractivity contribution in [3.8, 4) is 0 Å². The highest BCUT2D eigenvalue weighted by atomic mass is 79.9. The number of benzene rings is 1. The van der Waals surface area contributed by atoms with Crippen molar-refractivity contribution in [3.05, 3.63) is 29.6 Å². The summed E-state index contributed by atoms with van der Waals surface area (Å²) < 4.78 is 13.9. The van der Waals surface area contributed by atoms with Crippen LogP contribution < -0.4 is 4.90 Å². The molecule has 3 heteroatoms. The van der Waals surface area contributed by atoms with E-state index in [9.17, 15) is 4.39 Å². The molecule has 0 aliphatic heterocycles. The molecule has 0 heterocycles. The Morgan fingerprint density at radius 1 is 1.35 bits per heavy atom. The van der Waals surface area contributed by atoms with E-state index in [0.717, 1.165) is 23.7 Å². The molecular formula is C14H19BrFN. The molecule has 0 N–H and O–H groups in total. The normalized spacial score (nSPS) is 16.4. The zero-order valence-electron chi connectivity index (χ0n) is 10.3. The summed E-state index contributed by atoms with van der Waals surface area (Å²) in [5, 5.41) is 0.705. The Morgan fingerprint density at radius 3 is 2.65 bits per heavy atom. The van der Waals surface area contributed by atoms with Crippen LogP contribution in [0.5, 0.6) is 0 Å². The molecule has 1 nitrogen and oxygen atoms in total. The highest BCUT2D eigenvalue weighted by Crippen LogP contribution is 2.28. The van der Waals surface area contributed by atoms with Gasteiger partial charge in [-0.2, -0.15) is 0 Å². The van der Waals surface area contributed by atoms with Crippen molar-refractivity contribution in [1.82, 2.24) is 0 Å². The topological polar surface area (TPSA) is 3.24 Å². The van der Waals surface area contributed by atoms with Gasteiger partial charge in [-0.1, -0.05) is 34.8 Å². The largest absolute Gasteiger partial charge is 0.372 e. The second-order valence-corrected chi connectivity index (χ2v) is 5.51. The first-order chi connectivity index (χ1) is 8.20. The molecule has 17 heavy (non-hydrogen) atoms. The Kier molecular flexibility index (Phi) is 4.43. The quantitative estimate of drug-likeness (QED) is 0.747. The van der Waals surface area contributed by atoms with Crippen molar-refractivity contribution in [2.24, 2.45) is 5.92 Å². The minimum atomic E-state index is -0.109. The number of nitrogens with zero attached hydrogens (tertiary/aromatic N) is 1. The Bertz CT molecular complexity index is 374. The second-order valence-electron chi connectivity index (χ2n) is 4.95. The Morgan fingerprint density at radius 2 is 2.06 bits per heavy atom. The lowest BCUT2D eigenvalue weighted by Crippen LogP contribution is -2.24. The van der Waals surface area contributed by atoms with Crippen LogP contribution in [0.4, 0.5) is 10.1 Å². The number of alkyl halides is 1. The predicted octanol–water partition coefficient (Wildman–Crippen LogP) is 4.35. The molecule has 2 rings (SSSR count). The van der Waals surface area contributed by atoms with Crippen molar-refractivity contribution < 1.29 is 4.39 Å². The van der Waals surface area contributed by atoms with Gasteiger partial charge in [0.15, 0.2) is 0 Å². The molecule has 1 aliphatic rings. The molecule has 1 aliphatic carbocycles. The van der Waals surface area contributed by atoms with Gasteiger partial charge in [-0.25, -0.2) is 4.39 Å². The average molecular weight is 300 g/mol. The fraction of sp³-hybridized carbons (Fsp3) is 0.571. The van der Waals surface area contributed by atoms with Gasteiger partial charge in [0.25, 0.3) is 0 Å². The van der Waals surface area contributed by atoms with Crippen LogP contribution >= 0.6 is 15.9 Å². The van der Waals surface area contributed by atoms with E-state index in [0.29, 0.717) is 5.33 Å². The summed E-state index contributed by atoms with van der Waals surface area (Å²) in [6.45, 7) is 0.977. The van der Waals surface area contributed by atoms with E-state index in [1.54, 1.807) is 6.07 Å². The van der Waals surface area contributed by atoms with Crippen LogP contribution in [0, 0.1) is 11.7 Å². The summed E-state index contributed by atoms with van der Waals surface area (Å²) in [5.41, 5.74) is 1.71. The lowest BCUT2D eigenvalue weighted by Gasteiger charge is -2.23. The van der Waals surface area contributed by atoms with E-state index in [-0.39, 0.29) is 5.82 Å². The Balaban J connectivity index is 2.04.